The molecule has 132 valence electrons. The quantitative estimate of drug-likeness (QED) is 0.520. The summed E-state index contributed by atoms with van der Waals surface area (Å²) in [6, 6.07) is 5.56. The van der Waals surface area contributed by atoms with Gasteiger partial charge in [-0.15, -0.1) is 11.8 Å². The van der Waals surface area contributed by atoms with Crippen molar-refractivity contribution >= 4 is 29.5 Å². The predicted octanol–water partition coefficient (Wildman–Crippen LogP) is -0.477. The van der Waals surface area contributed by atoms with E-state index in [4.69, 9.17) is 5.11 Å². The second kappa shape index (κ2) is 6.87. The van der Waals surface area contributed by atoms with Crippen molar-refractivity contribution in [3.8, 4) is 0 Å². The number of aliphatic hydroxyl groups excluding tert-OH is 2. The number of fused-ring (bicyclic) bond motifs is 1. The summed E-state index contributed by atoms with van der Waals surface area (Å²) < 4.78 is 0. The summed E-state index contributed by atoms with van der Waals surface area (Å²) in [6.45, 7) is -0.636. The highest BCUT2D eigenvalue weighted by Gasteiger charge is 2.54. The van der Waals surface area contributed by atoms with Crippen LogP contribution in [0.2, 0.25) is 0 Å². The van der Waals surface area contributed by atoms with Crippen LogP contribution in [0.15, 0.2) is 35.5 Å². The van der Waals surface area contributed by atoms with E-state index in [9.17, 15) is 24.6 Å². The van der Waals surface area contributed by atoms with E-state index in [2.05, 4.69) is 5.32 Å². The first kappa shape index (κ1) is 17.5. The maximum Gasteiger partial charge on any atom is 0.352 e. The first-order valence-corrected chi connectivity index (χ1v) is 8.54. The fourth-order valence-electron chi connectivity index (χ4n) is 2.84. The van der Waals surface area contributed by atoms with Crippen LogP contribution in [-0.2, 0) is 16.2 Å². The highest BCUT2D eigenvalue weighted by molar-refractivity contribution is 8.00. The molecule has 1 fully saturated rings. The number of nitrogens with one attached hydrogen (secondary N) is 1. The number of carboxylic acid groups (broad SMARTS) is 1. The molecule has 1 saturated heterocycles. The number of carboxylic acids is 1. The van der Waals surface area contributed by atoms with Gasteiger partial charge in [-0.05, 0) is 23.3 Å². The number of thioether (sulfide) groups is 1. The van der Waals surface area contributed by atoms with Gasteiger partial charge in [0.1, 0.15) is 17.1 Å². The number of hydrogen-bond donors (Lipinski definition) is 4. The van der Waals surface area contributed by atoms with Crippen LogP contribution in [0.25, 0.3) is 0 Å². The Morgan fingerprint density at radius 3 is 2.68 bits per heavy atom. The van der Waals surface area contributed by atoms with Gasteiger partial charge in [0, 0.05) is 11.3 Å². The number of hydrogen-bond acceptors (Lipinski definition) is 6. The second-order valence-corrected chi connectivity index (χ2v) is 6.74. The third-order valence-electron chi connectivity index (χ3n) is 4.10. The summed E-state index contributed by atoms with van der Waals surface area (Å²) in [7, 11) is 0. The molecule has 0 bridgehead atoms. The number of carbonyl (C=O) groups excluding carboxylic acids is 2. The maximum atomic E-state index is 12.3. The molecule has 1 aromatic rings. The van der Waals surface area contributed by atoms with Crippen LogP contribution in [0.1, 0.15) is 15.9 Å². The first-order chi connectivity index (χ1) is 12.0. The number of rotatable bonds is 5. The van der Waals surface area contributed by atoms with E-state index in [-0.39, 0.29) is 23.6 Å². The van der Waals surface area contributed by atoms with E-state index >= 15 is 0 Å². The molecule has 8 nitrogen and oxygen atoms in total. The summed E-state index contributed by atoms with van der Waals surface area (Å²) in [4.78, 5) is 37.2. The van der Waals surface area contributed by atoms with E-state index in [0.29, 0.717) is 11.1 Å². The molecule has 2 atom stereocenters. The minimum Gasteiger partial charge on any atom is -0.477 e. The zero-order valence-corrected chi connectivity index (χ0v) is 13.8. The predicted molar refractivity (Wildman–Crippen MR) is 88.5 cm³/mol. The summed E-state index contributed by atoms with van der Waals surface area (Å²) in [5, 5.41) is 29.8. The Labute approximate surface area is 147 Å². The molecular formula is C16H16N2O6S. The molecule has 2 aliphatic rings. The van der Waals surface area contributed by atoms with Gasteiger partial charge >= 0.3 is 5.97 Å². The van der Waals surface area contributed by atoms with Crippen LogP contribution >= 0.6 is 11.8 Å². The summed E-state index contributed by atoms with van der Waals surface area (Å²) in [5.74, 6) is -1.99. The molecule has 0 aromatic heterocycles. The van der Waals surface area contributed by atoms with Crippen molar-refractivity contribution in [2.75, 3.05) is 12.4 Å². The number of amides is 2. The van der Waals surface area contributed by atoms with Gasteiger partial charge in [0.15, 0.2) is 0 Å². The zero-order valence-electron chi connectivity index (χ0n) is 13.0. The van der Waals surface area contributed by atoms with Gasteiger partial charge in [-0.1, -0.05) is 12.1 Å². The number of carbonyl (C=O) groups is 3. The third kappa shape index (κ3) is 3.01. The van der Waals surface area contributed by atoms with Gasteiger partial charge in [-0.3, -0.25) is 14.5 Å². The van der Waals surface area contributed by atoms with Gasteiger partial charge in [0.05, 0.1) is 13.2 Å². The molecule has 0 unspecified atom stereocenters. The SMILES string of the molecule is O=C(O)C1=C(CO)CS[C@H]2[C@@H](NC(=O)c3cccc(CO)c3)C(=O)N12. The minimum atomic E-state index is -1.27. The van der Waals surface area contributed by atoms with E-state index in [1.165, 1.54) is 17.8 Å². The van der Waals surface area contributed by atoms with Gasteiger partial charge < -0.3 is 20.6 Å². The molecule has 0 spiro atoms. The molecule has 25 heavy (non-hydrogen) atoms. The Kier molecular flexibility index (Phi) is 4.80. The topological polar surface area (TPSA) is 127 Å². The highest BCUT2D eigenvalue weighted by Crippen LogP contribution is 2.40. The summed E-state index contributed by atoms with van der Waals surface area (Å²) in [5.41, 5.74) is 0.958. The Hall–Kier alpha value is -2.36. The molecule has 0 saturated carbocycles. The summed E-state index contributed by atoms with van der Waals surface area (Å²) in [6.07, 6.45) is 0. The number of nitrogens with zero attached hydrogens (tertiary/aromatic N) is 1. The Morgan fingerprint density at radius 2 is 2.04 bits per heavy atom. The smallest absolute Gasteiger partial charge is 0.352 e. The van der Waals surface area contributed by atoms with Crippen molar-refractivity contribution < 1.29 is 29.7 Å². The van der Waals surface area contributed by atoms with Crippen molar-refractivity contribution in [3.63, 3.8) is 0 Å². The molecular weight excluding hydrogens is 348 g/mol. The van der Waals surface area contributed by atoms with Crippen LogP contribution in [0.4, 0.5) is 0 Å². The average molecular weight is 364 g/mol. The number of aliphatic carboxylic acids is 1. The van der Waals surface area contributed by atoms with Gasteiger partial charge in [0.2, 0.25) is 0 Å². The van der Waals surface area contributed by atoms with Crippen molar-refractivity contribution in [2.24, 2.45) is 0 Å². The van der Waals surface area contributed by atoms with Gasteiger partial charge in [-0.2, -0.15) is 0 Å². The van der Waals surface area contributed by atoms with Crippen molar-refractivity contribution in [1.82, 2.24) is 10.2 Å². The average Bonchev–Trinajstić information content (AvgIpc) is 2.64. The van der Waals surface area contributed by atoms with Gasteiger partial charge in [-0.25, -0.2) is 4.79 Å². The highest BCUT2D eigenvalue weighted by atomic mass is 32.2. The van der Waals surface area contributed by atoms with E-state index in [1.807, 2.05) is 0 Å². The number of β-lactam (4-membered cyclic amide) rings is 1. The van der Waals surface area contributed by atoms with E-state index in [0.717, 1.165) is 4.90 Å². The maximum absolute atomic E-state index is 12.3. The zero-order chi connectivity index (χ0) is 18.1. The van der Waals surface area contributed by atoms with Crippen molar-refractivity contribution in [3.05, 3.63) is 46.7 Å². The lowest BCUT2D eigenvalue weighted by Gasteiger charge is -2.49. The van der Waals surface area contributed by atoms with Crippen LogP contribution < -0.4 is 5.32 Å². The van der Waals surface area contributed by atoms with E-state index < -0.39 is 35.8 Å². The minimum absolute atomic E-state index is 0.202. The van der Waals surface area contributed by atoms with E-state index in [1.54, 1.807) is 18.2 Å². The molecule has 2 amide bonds. The molecule has 0 radical (unpaired) electrons. The molecule has 2 aliphatic heterocycles. The van der Waals surface area contributed by atoms with Crippen molar-refractivity contribution in [2.45, 2.75) is 18.0 Å². The number of aliphatic hydroxyl groups is 2. The van der Waals surface area contributed by atoms with Crippen LogP contribution in [0.5, 0.6) is 0 Å². The van der Waals surface area contributed by atoms with Crippen LogP contribution in [0.3, 0.4) is 0 Å². The molecule has 2 heterocycles. The lowest BCUT2D eigenvalue weighted by Crippen LogP contribution is -2.70. The Balaban J connectivity index is 1.76. The lowest BCUT2D eigenvalue weighted by molar-refractivity contribution is -0.148. The Bertz CT molecular complexity index is 778. The monoisotopic (exact) mass is 364 g/mol. The van der Waals surface area contributed by atoms with Crippen LogP contribution in [0, 0.1) is 0 Å². The van der Waals surface area contributed by atoms with Crippen LogP contribution in [-0.4, -0.2) is 61.8 Å². The second-order valence-electron chi connectivity index (χ2n) is 5.63. The fourth-order valence-corrected chi connectivity index (χ4v) is 4.18. The first-order valence-electron chi connectivity index (χ1n) is 7.49. The Morgan fingerprint density at radius 1 is 1.28 bits per heavy atom. The fraction of sp³-hybridized carbons (Fsp3) is 0.312. The molecule has 1 aromatic carbocycles. The molecule has 9 heteroatoms. The largest absolute Gasteiger partial charge is 0.477 e. The lowest BCUT2D eigenvalue weighted by atomic mass is 10.0. The third-order valence-corrected chi connectivity index (χ3v) is 5.44. The van der Waals surface area contributed by atoms with Crippen molar-refractivity contribution in [1.29, 1.82) is 0 Å². The molecule has 0 aliphatic carbocycles. The normalized spacial score (nSPS) is 22.3. The van der Waals surface area contributed by atoms with Gasteiger partial charge in [0.25, 0.3) is 11.8 Å². The number of benzene rings is 1. The summed E-state index contributed by atoms with van der Waals surface area (Å²) >= 11 is 1.29. The molecule has 3 rings (SSSR count). The standard InChI is InChI=1S/C16H16N2O6S/c19-5-8-2-1-3-9(4-8)13(21)17-11-14(22)18-12(16(23)24)10(6-20)7-25-15(11)18/h1-4,11,15,19-20H,5-7H2,(H,17,21)(H,23,24)/t11-,15-/m0/s1. The molecule has 4 N–H and O–H groups in total.